The Morgan fingerprint density at radius 1 is 1.18 bits per heavy atom. The van der Waals surface area contributed by atoms with E-state index >= 15 is 0 Å². The summed E-state index contributed by atoms with van der Waals surface area (Å²) in [6, 6.07) is 2.79. The molecular formula is C23H26Cl2FN7O. The van der Waals surface area contributed by atoms with Crippen molar-refractivity contribution in [2.24, 2.45) is 11.1 Å². The number of carbonyl (C=O) groups is 1. The number of nitrogens with two attached hydrogens (primary N) is 1. The van der Waals surface area contributed by atoms with E-state index < -0.39 is 11.2 Å². The smallest absolute Gasteiger partial charge is 0.224 e. The van der Waals surface area contributed by atoms with Crippen LogP contribution in [-0.2, 0) is 4.79 Å². The molecule has 5 rings (SSSR count). The molecule has 1 amide bonds. The average Bonchev–Trinajstić information content (AvgIpc) is 3.11. The van der Waals surface area contributed by atoms with Crippen LogP contribution in [0.5, 0.6) is 0 Å². The van der Waals surface area contributed by atoms with E-state index in [-0.39, 0.29) is 22.0 Å². The van der Waals surface area contributed by atoms with Gasteiger partial charge in [0.15, 0.2) is 5.65 Å². The highest BCUT2D eigenvalue weighted by Gasteiger charge is 2.37. The SMILES string of the molecule is C[C@]1(C(N)=O)CC[C@@H](n2c(Nc3c(Cl)cc(F)cc3Cl)nc3cnc(NC4CCC4)nc32)CC1. The maximum Gasteiger partial charge on any atom is 0.224 e. The van der Waals surface area contributed by atoms with Crippen molar-refractivity contribution in [3.8, 4) is 0 Å². The molecule has 0 spiro atoms. The Labute approximate surface area is 206 Å². The number of fused-ring (bicyclic) bond motifs is 1. The Hall–Kier alpha value is -2.65. The standard InChI is InChI=1S/C23H26Cl2FN7O/c1-23(20(27)34)7-5-14(6-8-23)33-19-17(11-28-21(32-19)29-13-3-2-4-13)30-22(33)31-18-15(24)9-12(26)10-16(18)25/h9-11,13-14H,2-8H2,1H3,(H2,27,34)(H,30,31)(H,28,29,32)/t14-,23+. The third-order valence-electron chi connectivity index (χ3n) is 7.13. The van der Waals surface area contributed by atoms with Gasteiger partial charge in [-0.15, -0.1) is 0 Å². The predicted octanol–water partition coefficient (Wildman–Crippen LogP) is 5.59. The Morgan fingerprint density at radius 3 is 2.44 bits per heavy atom. The van der Waals surface area contributed by atoms with Crippen molar-refractivity contribution in [1.82, 2.24) is 19.5 Å². The van der Waals surface area contributed by atoms with E-state index in [1.165, 1.54) is 18.6 Å². The maximum atomic E-state index is 13.7. The number of anilines is 3. The molecule has 4 N–H and O–H groups in total. The van der Waals surface area contributed by atoms with Gasteiger partial charge in [0.25, 0.3) is 0 Å². The predicted molar refractivity (Wildman–Crippen MR) is 131 cm³/mol. The molecular weight excluding hydrogens is 480 g/mol. The Balaban J connectivity index is 1.55. The number of hydrogen-bond acceptors (Lipinski definition) is 6. The number of hydrogen-bond donors (Lipinski definition) is 3. The summed E-state index contributed by atoms with van der Waals surface area (Å²) in [5, 5.41) is 6.86. The van der Waals surface area contributed by atoms with E-state index in [0.29, 0.717) is 47.6 Å². The zero-order chi connectivity index (χ0) is 24.0. The molecule has 2 heterocycles. The highest BCUT2D eigenvalue weighted by atomic mass is 35.5. The second kappa shape index (κ2) is 8.85. The average molecular weight is 506 g/mol. The lowest BCUT2D eigenvalue weighted by Gasteiger charge is -2.35. The molecule has 0 bridgehead atoms. The van der Waals surface area contributed by atoms with Gasteiger partial charge in [-0.1, -0.05) is 30.1 Å². The van der Waals surface area contributed by atoms with Crippen LogP contribution in [0.2, 0.25) is 10.0 Å². The lowest BCUT2D eigenvalue weighted by atomic mass is 9.73. The number of imidazole rings is 1. The topological polar surface area (TPSA) is 111 Å². The van der Waals surface area contributed by atoms with Crippen molar-refractivity contribution in [3.05, 3.63) is 34.2 Å². The second-order valence-corrected chi connectivity index (χ2v) is 10.3. The summed E-state index contributed by atoms with van der Waals surface area (Å²) < 4.78 is 15.7. The van der Waals surface area contributed by atoms with Crippen LogP contribution in [0.1, 0.15) is 57.9 Å². The highest BCUT2D eigenvalue weighted by molar-refractivity contribution is 6.39. The van der Waals surface area contributed by atoms with Gasteiger partial charge < -0.3 is 16.4 Å². The van der Waals surface area contributed by atoms with Crippen LogP contribution in [0.4, 0.5) is 22.0 Å². The molecule has 2 aliphatic carbocycles. The van der Waals surface area contributed by atoms with Crippen LogP contribution in [0.15, 0.2) is 18.3 Å². The van der Waals surface area contributed by atoms with Gasteiger partial charge in [-0.3, -0.25) is 9.36 Å². The number of rotatable bonds is 6. The Kier molecular flexibility index (Phi) is 6.02. The molecule has 2 aromatic heterocycles. The van der Waals surface area contributed by atoms with E-state index in [4.69, 9.17) is 38.9 Å². The summed E-state index contributed by atoms with van der Waals surface area (Å²) in [5.74, 6) is 0.234. The number of amides is 1. The summed E-state index contributed by atoms with van der Waals surface area (Å²) >= 11 is 12.6. The molecule has 2 fully saturated rings. The van der Waals surface area contributed by atoms with Gasteiger partial charge >= 0.3 is 0 Å². The molecule has 8 nitrogen and oxygen atoms in total. The molecule has 2 aliphatic rings. The number of nitrogens with one attached hydrogen (secondary N) is 2. The van der Waals surface area contributed by atoms with Crippen LogP contribution in [0, 0.1) is 11.2 Å². The molecule has 180 valence electrons. The fourth-order valence-corrected chi connectivity index (χ4v) is 5.20. The first kappa shape index (κ1) is 23.1. The molecule has 11 heteroatoms. The molecule has 34 heavy (non-hydrogen) atoms. The van der Waals surface area contributed by atoms with Gasteiger partial charge in [0, 0.05) is 17.5 Å². The van der Waals surface area contributed by atoms with Crippen molar-refractivity contribution >= 4 is 57.9 Å². The van der Waals surface area contributed by atoms with Gasteiger partial charge in [0.05, 0.1) is 21.9 Å². The van der Waals surface area contributed by atoms with Crippen molar-refractivity contribution in [3.63, 3.8) is 0 Å². The summed E-state index contributed by atoms with van der Waals surface area (Å²) in [6.45, 7) is 1.91. The van der Waals surface area contributed by atoms with Gasteiger partial charge in [-0.25, -0.2) is 14.4 Å². The van der Waals surface area contributed by atoms with Crippen molar-refractivity contribution < 1.29 is 9.18 Å². The Morgan fingerprint density at radius 2 is 1.85 bits per heavy atom. The molecule has 3 aromatic rings. The number of carbonyl (C=O) groups excluding carboxylic acids is 1. The first-order valence-corrected chi connectivity index (χ1v) is 12.2. The monoisotopic (exact) mass is 505 g/mol. The summed E-state index contributed by atoms with van der Waals surface area (Å²) in [7, 11) is 0. The van der Waals surface area contributed by atoms with Gasteiger partial charge in [-0.2, -0.15) is 4.98 Å². The minimum atomic E-state index is -0.532. The fraction of sp³-hybridized carbons (Fsp3) is 0.478. The largest absolute Gasteiger partial charge is 0.369 e. The number of aromatic nitrogens is 4. The van der Waals surface area contributed by atoms with Gasteiger partial charge in [0.1, 0.15) is 11.3 Å². The first-order chi connectivity index (χ1) is 16.2. The molecule has 0 saturated heterocycles. The van der Waals surface area contributed by atoms with E-state index in [9.17, 15) is 9.18 Å². The zero-order valence-corrected chi connectivity index (χ0v) is 20.3. The van der Waals surface area contributed by atoms with Crippen LogP contribution in [0.25, 0.3) is 11.2 Å². The maximum absolute atomic E-state index is 13.7. The number of primary amides is 1. The summed E-state index contributed by atoms with van der Waals surface area (Å²) in [4.78, 5) is 25.9. The van der Waals surface area contributed by atoms with Crippen molar-refractivity contribution in [2.75, 3.05) is 10.6 Å². The minimum absolute atomic E-state index is 0.0179. The Bertz CT molecular complexity index is 1230. The van der Waals surface area contributed by atoms with Crippen molar-refractivity contribution in [1.29, 1.82) is 0 Å². The molecule has 0 unspecified atom stereocenters. The minimum Gasteiger partial charge on any atom is -0.369 e. The molecule has 2 saturated carbocycles. The number of halogens is 3. The van der Waals surface area contributed by atoms with Gasteiger partial charge in [-0.05, 0) is 57.1 Å². The molecule has 1 aromatic carbocycles. The summed E-state index contributed by atoms with van der Waals surface area (Å²) in [5.41, 5.74) is 6.77. The highest BCUT2D eigenvalue weighted by Crippen LogP contribution is 2.43. The summed E-state index contributed by atoms with van der Waals surface area (Å²) in [6.07, 6.45) is 7.85. The molecule has 0 aliphatic heterocycles. The van der Waals surface area contributed by atoms with Crippen LogP contribution < -0.4 is 16.4 Å². The van der Waals surface area contributed by atoms with Crippen LogP contribution >= 0.6 is 23.2 Å². The third-order valence-corrected chi connectivity index (χ3v) is 7.73. The van der Waals surface area contributed by atoms with E-state index in [1.54, 1.807) is 6.20 Å². The lowest BCUT2D eigenvalue weighted by Crippen LogP contribution is -2.38. The molecule has 0 atom stereocenters. The number of nitrogens with zero attached hydrogens (tertiary/aromatic N) is 4. The third kappa shape index (κ3) is 4.27. The normalized spacial score (nSPS) is 23.0. The van der Waals surface area contributed by atoms with Crippen molar-refractivity contribution in [2.45, 2.75) is 64.0 Å². The van der Waals surface area contributed by atoms with Crippen LogP contribution in [0.3, 0.4) is 0 Å². The van der Waals surface area contributed by atoms with Gasteiger partial charge in [0.2, 0.25) is 17.8 Å². The first-order valence-electron chi connectivity index (χ1n) is 11.5. The quantitative estimate of drug-likeness (QED) is 0.402. The second-order valence-electron chi connectivity index (χ2n) is 9.51. The van der Waals surface area contributed by atoms with E-state index in [0.717, 1.165) is 25.7 Å². The fourth-order valence-electron chi connectivity index (χ4n) is 4.65. The van der Waals surface area contributed by atoms with Crippen LogP contribution in [-0.4, -0.2) is 31.5 Å². The van der Waals surface area contributed by atoms with E-state index in [2.05, 4.69) is 15.6 Å². The number of benzene rings is 1. The molecule has 0 radical (unpaired) electrons. The zero-order valence-electron chi connectivity index (χ0n) is 18.7. The lowest BCUT2D eigenvalue weighted by molar-refractivity contribution is -0.128. The van der Waals surface area contributed by atoms with E-state index in [1.807, 2.05) is 11.5 Å².